The van der Waals surface area contributed by atoms with E-state index in [9.17, 15) is 0 Å². The molecule has 0 fully saturated rings. The first kappa shape index (κ1) is 13.0. The van der Waals surface area contributed by atoms with E-state index in [1.54, 1.807) is 12.1 Å². The van der Waals surface area contributed by atoms with Crippen LogP contribution in [0.3, 0.4) is 0 Å². The Bertz CT molecular complexity index is 767. The van der Waals surface area contributed by atoms with Crippen molar-refractivity contribution in [1.29, 1.82) is 0 Å². The molecule has 0 bridgehead atoms. The molecule has 0 radical (unpaired) electrons. The SMILES string of the molecule is COc1ccc(-c2noc(-c3cc(C)ccc3N)n2)nn1. The topological polar surface area (TPSA) is 100.0 Å². The first-order valence-electron chi connectivity index (χ1n) is 6.25. The third-order valence-corrected chi connectivity index (χ3v) is 2.94. The molecule has 3 aromatic rings. The number of benzene rings is 1. The van der Waals surface area contributed by atoms with Gasteiger partial charge in [0.05, 0.1) is 12.7 Å². The number of rotatable bonds is 3. The van der Waals surface area contributed by atoms with E-state index in [0.717, 1.165) is 5.56 Å². The first-order chi connectivity index (χ1) is 10.2. The summed E-state index contributed by atoms with van der Waals surface area (Å²) in [5, 5.41) is 11.7. The van der Waals surface area contributed by atoms with Crippen LogP contribution in [0, 0.1) is 6.92 Å². The Balaban J connectivity index is 1.97. The highest BCUT2D eigenvalue weighted by molar-refractivity contribution is 5.71. The monoisotopic (exact) mass is 283 g/mol. The highest BCUT2D eigenvalue weighted by Gasteiger charge is 2.14. The predicted molar refractivity (Wildman–Crippen MR) is 76.5 cm³/mol. The molecule has 0 saturated carbocycles. The fraction of sp³-hybridized carbons (Fsp3) is 0.143. The Hall–Kier alpha value is -2.96. The van der Waals surface area contributed by atoms with Gasteiger partial charge in [-0.2, -0.15) is 4.98 Å². The van der Waals surface area contributed by atoms with Gasteiger partial charge in [-0.15, -0.1) is 10.2 Å². The van der Waals surface area contributed by atoms with E-state index in [2.05, 4.69) is 20.3 Å². The number of ether oxygens (including phenoxy) is 1. The van der Waals surface area contributed by atoms with Gasteiger partial charge < -0.3 is 15.0 Å². The normalized spacial score (nSPS) is 10.6. The molecule has 7 heteroatoms. The van der Waals surface area contributed by atoms with E-state index in [1.807, 2.05) is 25.1 Å². The third-order valence-electron chi connectivity index (χ3n) is 2.94. The lowest BCUT2D eigenvalue weighted by atomic mass is 10.1. The smallest absolute Gasteiger partial charge is 0.260 e. The molecule has 21 heavy (non-hydrogen) atoms. The molecule has 0 aliphatic carbocycles. The summed E-state index contributed by atoms with van der Waals surface area (Å²) >= 11 is 0. The van der Waals surface area contributed by atoms with Crippen LogP contribution in [-0.4, -0.2) is 27.4 Å². The van der Waals surface area contributed by atoms with Gasteiger partial charge in [0.1, 0.15) is 5.69 Å². The van der Waals surface area contributed by atoms with Gasteiger partial charge in [-0.1, -0.05) is 16.8 Å². The summed E-state index contributed by atoms with van der Waals surface area (Å²) in [4.78, 5) is 4.31. The van der Waals surface area contributed by atoms with Crippen molar-refractivity contribution in [2.24, 2.45) is 0 Å². The molecule has 106 valence electrons. The average Bonchev–Trinajstić information content (AvgIpc) is 2.99. The Morgan fingerprint density at radius 2 is 2.00 bits per heavy atom. The second-order valence-electron chi connectivity index (χ2n) is 4.47. The van der Waals surface area contributed by atoms with Crippen LogP contribution in [0.4, 0.5) is 5.69 Å². The van der Waals surface area contributed by atoms with Gasteiger partial charge in [0.2, 0.25) is 11.7 Å². The van der Waals surface area contributed by atoms with Crippen molar-refractivity contribution in [3.63, 3.8) is 0 Å². The highest BCUT2D eigenvalue weighted by atomic mass is 16.5. The van der Waals surface area contributed by atoms with Crippen LogP contribution in [-0.2, 0) is 0 Å². The van der Waals surface area contributed by atoms with E-state index in [-0.39, 0.29) is 0 Å². The van der Waals surface area contributed by atoms with Crippen LogP contribution in [0.5, 0.6) is 5.88 Å². The van der Waals surface area contributed by atoms with Crippen molar-refractivity contribution >= 4 is 5.69 Å². The molecular weight excluding hydrogens is 270 g/mol. The zero-order valence-electron chi connectivity index (χ0n) is 11.6. The number of nitrogens with zero attached hydrogens (tertiary/aromatic N) is 4. The first-order valence-corrected chi connectivity index (χ1v) is 6.25. The summed E-state index contributed by atoms with van der Waals surface area (Å²) in [6.07, 6.45) is 0. The van der Waals surface area contributed by atoms with E-state index in [0.29, 0.717) is 34.5 Å². The summed E-state index contributed by atoms with van der Waals surface area (Å²) in [7, 11) is 1.52. The minimum absolute atomic E-state index is 0.348. The van der Waals surface area contributed by atoms with E-state index in [1.165, 1.54) is 7.11 Å². The van der Waals surface area contributed by atoms with Crippen molar-refractivity contribution < 1.29 is 9.26 Å². The Morgan fingerprint density at radius 1 is 1.14 bits per heavy atom. The molecule has 0 unspecified atom stereocenters. The van der Waals surface area contributed by atoms with Gasteiger partial charge in [-0.3, -0.25) is 0 Å². The van der Waals surface area contributed by atoms with Crippen LogP contribution in [0.2, 0.25) is 0 Å². The third kappa shape index (κ3) is 2.53. The molecule has 7 nitrogen and oxygen atoms in total. The van der Waals surface area contributed by atoms with Crippen LogP contribution in [0.25, 0.3) is 23.0 Å². The maximum absolute atomic E-state index is 5.94. The summed E-state index contributed by atoms with van der Waals surface area (Å²) in [6, 6.07) is 9.01. The second-order valence-corrected chi connectivity index (χ2v) is 4.47. The van der Waals surface area contributed by atoms with Crippen molar-refractivity contribution in [2.45, 2.75) is 6.92 Å². The predicted octanol–water partition coefficient (Wildman–Crippen LogP) is 2.09. The maximum Gasteiger partial charge on any atom is 0.260 e. The molecule has 2 heterocycles. The fourth-order valence-corrected chi connectivity index (χ4v) is 1.84. The molecule has 0 atom stereocenters. The summed E-state index contributed by atoms with van der Waals surface area (Å²) in [5.74, 6) is 1.12. The van der Waals surface area contributed by atoms with Crippen molar-refractivity contribution in [3.8, 4) is 28.9 Å². The van der Waals surface area contributed by atoms with Gasteiger partial charge in [-0.25, -0.2) is 0 Å². The quantitative estimate of drug-likeness (QED) is 0.734. The number of nitrogens with two attached hydrogens (primary N) is 1. The van der Waals surface area contributed by atoms with Crippen molar-refractivity contribution in [3.05, 3.63) is 35.9 Å². The maximum atomic E-state index is 5.94. The number of hydrogen-bond acceptors (Lipinski definition) is 7. The van der Waals surface area contributed by atoms with Gasteiger partial charge >= 0.3 is 0 Å². The van der Waals surface area contributed by atoms with Crippen LogP contribution in [0.15, 0.2) is 34.9 Å². The standard InChI is InChI=1S/C14H13N5O2/c1-8-3-4-10(15)9(7-8)14-16-13(19-21-14)11-5-6-12(20-2)18-17-11/h3-7H,15H2,1-2H3. The zero-order valence-corrected chi connectivity index (χ0v) is 11.6. The molecule has 2 N–H and O–H groups in total. The minimum Gasteiger partial charge on any atom is -0.480 e. The zero-order chi connectivity index (χ0) is 14.8. The van der Waals surface area contributed by atoms with Gasteiger partial charge in [0, 0.05) is 11.8 Å². The minimum atomic E-state index is 0.348. The highest BCUT2D eigenvalue weighted by Crippen LogP contribution is 2.27. The van der Waals surface area contributed by atoms with E-state index >= 15 is 0 Å². The van der Waals surface area contributed by atoms with Crippen molar-refractivity contribution in [2.75, 3.05) is 12.8 Å². The summed E-state index contributed by atoms with van der Waals surface area (Å²) in [5.41, 5.74) is 8.77. The number of hydrogen-bond donors (Lipinski definition) is 1. The fourth-order valence-electron chi connectivity index (χ4n) is 1.84. The molecule has 0 spiro atoms. The van der Waals surface area contributed by atoms with E-state index < -0.39 is 0 Å². The molecule has 0 saturated heterocycles. The largest absolute Gasteiger partial charge is 0.480 e. The Kier molecular flexibility index (Phi) is 3.23. The number of anilines is 1. The Labute approximate surface area is 120 Å². The molecule has 3 rings (SSSR count). The molecule has 2 aromatic heterocycles. The summed E-state index contributed by atoms with van der Waals surface area (Å²) in [6.45, 7) is 1.97. The molecule has 0 aliphatic rings. The van der Waals surface area contributed by atoms with Crippen LogP contribution < -0.4 is 10.5 Å². The second kappa shape index (κ2) is 5.20. The molecule has 0 amide bonds. The number of aromatic nitrogens is 4. The number of methoxy groups -OCH3 is 1. The van der Waals surface area contributed by atoms with Gasteiger partial charge in [0.25, 0.3) is 5.89 Å². The molecular formula is C14H13N5O2. The van der Waals surface area contributed by atoms with Crippen LogP contribution in [0.1, 0.15) is 5.56 Å². The molecule has 1 aromatic carbocycles. The Morgan fingerprint density at radius 3 is 2.71 bits per heavy atom. The lowest BCUT2D eigenvalue weighted by Crippen LogP contribution is -1.93. The molecule has 0 aliphatic heterocycles. The lowest BCUT2D eigenvalue weighted by molar-refractivity contribution is 0.392. The number of aryl methyl sites for hydroxylation is 1. The van der Waals surface area contributed by atoms with Gasteiger partial charge in [0.15, 0.2) is 0 Å². The average molecular weight is 283 g/mol. The van der Waals surface area contributed by atoms with Crippen molar-refractivity contribution in [1.82, 2.24) is 20.3 Å². The lowest BCUT2D eigenvalue weighted by Gasteiger charge is -2.01. The van der Waals surface area contributed by atoms with Gasteiger partial charge in [-0.05, 0) is 25.1 Å². The van der Waals surface area contributed by atoms with E-state index in [4.69, 9.17) is 15.0 Å². The van der Waals surface area contributed by atoms with Crippen LogP contribution >= 0.6 is 0 Å². The number of nitrogen functional groups attached to an aromatic ring is 1. The summed E-state index contributed by atoms with van der Waals surface area (Å²) < 4.78 is 10.2.